The highest BCUT2D eigenvalue weighted by Crippen LogP contribution is 2.40. The molecule has 32 heavy (non-hydrogen) atoms. The molecule has 2 aliphatic rings. The van der Waals surface area contributed by atoms with Crippen molar-refractivity contribution in [2.24, 2.45) is 11.8 Å². The zero-order valence-corrected chi connectivity index (χ0v) is 18.6. The second kappa shape index (κ2) is 10.7. The van der Waals surface area contributed by atoms with Crippen LogP contribution in [0.1, 0.15) is 36.8 Å². The first kappa shape index (κ1) is 24.0. The van der Waals surface area contributed by atoms with E-state index in [1.165, 1.54) is 0 Å². The Morgan fingerprint density at radius 3 is 2.59 bits per heavy atom. The largest absolute Gasteiger partial charge is 0.495 e. The van der Waals surface area contributed by atoms with Gasteiger partial charge in [-0.05, 0) is 42.7 Å². The molecule has 1 heterocycles. The van der Waals surface area contributed by atoms with Crippen molar-refractivity contribution in [2.75, 3.05) is 20.7 Å². The normalized spacial score (nSPS) is 21.8. The van der Waals surface area contributed by atoms with Gasteiger partial charge < -0.3 is 15.0 Å². The quantitative estimate of drug-likeness (QED) is 0.629. The Labute approximate surface area is 187 Å². The molecule has 1 N–H and O–H groups in total. The van der Waals surface area contributed by atoms with Gasteiger partial charge in [0.05, 0.1) is 19.4 Å². The van der Waals surface area contributed by atoms with Gasteiger partial charge in [0.25, 0.3) is 0 Å². The summed E-state index contributed by atoms with van der Waals surface area (Å²) in [7, 11) is 3.25. The maximum Gasteiger partial charge on any atom is 0.391 e. The topological polar surface area (TPSA) is 41.6 Å². The van der Waals surface area contributed by atoms with E-state index in [1.54, 1.807) is 14.2 Å². The van der Waals surface area contributed by atoms with Crippen molar-refractivity contribution >= 4 is 5.91 Å². The number of likely N-dealkylation sites (N-methyl/N-ethyl adjacent to an activating group) is 1. The number of alkyl halides is 3. The van der Waals surface area contributed by atoms with Crippen molar-refractivity contribution in [3.8, 4) is 0 Å². The molecule has 1 aliphatic carbocycles. The molecule has 0 saturated heterocycles. The molecule has 0 radical (unpaired) electrons. The Morgan fingerprint density at radius 2 is 1.94 bits per heavy atom. The smallest absolute Gasteiger partial charge is 0.391 e. The first-order valence-corrected chi connectivity index (χ1v) is 11.0. The van der Waals surface area contributed by atoms with E-state index < -0.39 is 12.1 Å². The number of hydrogen-bond acceptors (Lipinski definition) is 3. The standard InChI is InChI=1S/C25H31F3N2O2/c1-29-24(31)15-19-4-3-5-20(14-19)16-30-13-12-21(23(17-30)32-2)9-6-18-7-10-22(11-8-18)25(26,27)28/h3-6,9,12,14,17-18,22H,7-8,10-11,13,15-16H2,1-2H3,(H,29,31)/b9-6+. The van der Waals surface area contributed by atoms with Crippen molar-refractivity contribution < 1.29 is 22.7 Å². The van der Waals surface area contributed by atoms with Gasteiger partial charge in [-0.25, -0.2) is 0 Å². The third-order valence-electron chi connectivity index (χ3n) is 6.15. The third kappa shape index (κ3) is 6.65. The van der Waals surface area contributed by atoms with Gasteiger partial charge in [0.2, 0.25) is 5.91 Å². The summed E-state index contributed by atoms with van der Waals surface area (Å²) in [5, 5.41) is 2.64. The molecule has 0 unspecified atom stereocenters. The Balaban J connectivity index is 1.57. The molecule has 3 rings (SSSR count). The number of ether oxygens (including phenoxy) is 1. The van der Waals surface area contributed by atoms with E-state index in [9.17, 15) is 18.0 Å². The molecule has 4 nitrogen and oxygen atoms in total. The van der Waals surface area contributed by atoms with Crippen molar-refractivity contribution in [3.63, 3.8) is 0 Å². The highest BCUT2D eigenvalue weighted by Gasteiger charge is 2.40. The number of amides is 1. The fourth-order valence-electron chi connectivity index (χ4n) is 4.27. The average molecular weight is 449 g/mol. The average Bonchev–Trinajstić information content (AvgIpc) is 2.78. The Morgan fingerprint density at radius 1 is 1.22 bits per heavy atom. The van der Waals surface area contributed by atoms with Gasteiger partial charge in [-0.2, -0.15) is 13.2 Å². The van der Waals surface area contributed by atoms with Crippen LogP contribution in [0.3, 0.4) is 0 Å². The predicted octanol–water partition coefficient (Wildman–Crippen LogP) is 5.13. The van der Waals surface area contributed by atoms with Crippen LogP contribution in [0.2, 0.25) is 0 Å². The number of carbonyl (C=O) groups is 1. The van der Waals surface area contributed by atoms with Gasteiger partial charge in [-0.3, -0.25) is 4.79 Å². The van der Waals surface area contributed by atoms with Crippen LogP contribution in [0.25, 0.3) is 0 Å². The number of halogens is 3. The molecule has 1 saturated carbocycles. The summed E-state index contributed by atoms with van der Waals surface area (Å²) in [6.07, 6.45) is 5.88. The second-order valence-corrected chi connectivity index (χ2v) is 8.47. The lowest BCUT2D eigenvalue weighted by Crippen LogP contribution is -2.27. The van der Waals surface area contributed by atoms with E-state index in [0.717, 1.165) is 22.5 Å². The molecule has 0 spiro atoms. The van der Waals surface area contributed by atoms with Crippen molar-refractivity contribution in [1.29, 1.82) is 0 Å². The Hall–Kier alpha value is -2.70. The van der Waals surface area contributed by atoms with Crippen LogP contribution >= 0.6 is 0 Å². The van der Waals surface area contributed by atoms with Crippen LogP contribution in [-0.4, -0.2) is 37.7 Å². The molecule has 0 atom stereocenters. The number of nitrogens with one attached hydrogen (secondary N) is 1. The molecule has 0 bridgehead atoms. The summed E-state index contributed by atoms with van der Waals surface area (Å²) < 4.78 is 44.1. The fraction of sp³-hybridized carbons (Fsp3) is 0.480. The van der Waals surface area contributed by atoms with E-state index in [2.05, 4.69) is 16.3 Å². The number of hydrogen-bond donors (Lipinski definition) is 1. The van der Waals surface area contributed by atoms with Crippen LogP contribution in [0.15, 0.2) is 60.0 Å². The zero-order valence-electron chi connectivity index (χ0n) is 18.6. The monoisotopic (exact) mass is 448 g/mol. The third-order valence-corrected chi connectivity index (χ3v) is 6.15. The van der Waals surface area contributed by atoms with Crippen LogP contribution < -0.4 is 5.32 Å². The number of allylic oxidation sites excluding steroid dienone is 2. The summed E-state index contributed by atoms with van der Waals surface area (Å²) in [4.78, 5) is 13.8. The molecule has 1 amide bonds. The zero-order chi connectivity index (χ0) is 23.1. The number of nitrogens with zero attached hydrogens (tertiary/aromatic N) is 1. The van der Waals surface area contributed by atoms with E-state index in [4.69, 9.17) is 4.74 Å². The maximum atomic E-state index is 12.9. The summed E-state index contributed by atoms with van der Waals surface area (Å²) >= 11 is 0. The molecule has 7 heteroatoms. The van der Waals surface area contributed by atoms with Gasteiger partial charge in [0.1, 0.15) is 5.76 Å². The lowest BCUT2D eigenvalue weighted by molar-refractivity contribution is -0.183. The van der Waals surface area contributed by atoms with Crippen molar-refractivity contribution in [1.82, 2.24) is 10.2 Å². The molecule has 1 fully saturated rings. The number of rotatable bonds is 7. The van der Waals surface area contributed by atoms with Gasteiger partial charge in [-0.1, -0.05) is 42.5 Å². The number of carbonyl (C=O) groups excluding carboxylic acids is 1. The fourth-order valence-corrected chi connectivity index (χ4v) is 4.27. The molecular formula is C25H31F3N2O2. The summed E-state index contributed by atoms with van der Waals surface area (Å²) in [6, 6.07) is 7.96. The van der Waals surface area contributed by atoms with Gasteiger partial charge in [0.15, 0.2) is 0 Å². The van der Waals surface area contributed by atoms with Crippen molar-refractivity contribution in [3.05, 3.63) is 71.2 Å². The van der Waals surface area contributed by atoms with E-state index in [0.29, 0.717) is 32.4 Å². The SMILES string of the molecule is CNC(=O)Cc1cccc(CN2C=C(OC)C(/C=C/C3CCC(C(F)(F)F)CC3)=CC2)c1. The van der Waals surface area contributed by atoms with Crippen LogP contribution in [-0.2, 0) is 22.5 Å². The van der Waals surface area contributed by atoms with Gasteiger partial charge >= 0.3 is 6.18 Å². The van der Waals surface area contributed by atoms with E-state index in [1.807, 2.05) is 42.6 Å². The maximum absolute atomic E-state index is 12.9. The van der Waals surface area contributed by atoms with E-state index >= 15 is 0 Å². The first-order valence-electron chi connectivity index (χ1n) is 11.0. The van der Waals surface area contributed by atoms with Crippen LogP contribution in [0, 0.1) is 11.8 Å². The Bertz CT molecular complexity index is 881. The molecule has 174 valence electrons. The molecule has 1 aromatic rings. The lowest BCUT2D eigenvalue weighted by atomic mass is 9.81. The van der Waals surface area contributed by atoms with Crippen molar-refractivity contribution in [2.45, 2.75) is 44.8 Å². The van der Waals surface area contributed by atoms with E-state index in [-0.39, 0.29) is 24.7 Å². The number of benzene rings is 1. The van der Waals surface area contributed by atoms with Gasteiger partial charge in [0, 0.05) is 31.9 Å². The predicted molar refractivity (Wildman–Crippen MR) is 118 cm³/mol. The molecule has 1 aliphatic heterocycles. The minimum absolute atomic E-state index is 0.0204. The molecule has 0 aromatic heterocycles. The summed E-state index contributed by atoms with van der Waals surface area (Å²) in [6.45, 7) is 1.39. The molecular weight excluding hydrogens is 417 g/mol. The summed E-state index contributed by atoms with van der Waals surface area (Å²) in [5.74, 6) is -0.265. The highest BCUT2D eigenvalue weighted by atomic mass is 19.4. The first-order chi connectivity index (χ1) is 15.3. The minimum atomic E-state index is -4.07. The second-order valence-electron chi connectivity index (χ2n) is 8.47. The van der Waals surface area contributed by atoms with Gasteiger partial charge in [-0.15, -0.1) is 0 Å². The van der Waals surface area contributed by atoms with Crippen LogP contribution in [0.5, 0.6) is 0 Å². The Kier molecular flexibility index (Phi) is 8.04. The lowest BCUT2D eigenvalue weighted by Gasteiger charge is -2.28. The summed E-state index contributed by atoms with van der Waals surface area (Å²) in [5.41, 5.74) is 3.02. The molecule has 1 aromatic carbocycles. The minimum Gasteiger partial charge on any atom is -0.495 e. The highest BCUT2D eigenvalue weighted by molar-refractivity contribution is 5.78. The number of methoxy groups -OCH3 is 1. The van der Waals surface area contributed by atoms with Crippen LogP contribution in [0.4, 0.5) is 13.2 Å².